The third kappa shape index (κ3) is 3.44. The lowest BCUT2D eigenvalue weighted by atomic mass is 10.0. The number of hydrogen-bond acceptors (Lipinski definition) is 2. The largest absolute Gasteiger partial charge is 0.382 e. The number of Topliss-reactive ketones (excluding diaryl/α,β-unsaturated/α-hetero) is 1. The Morgan fingerprint density at radius 3 is 2.55 bits per heavy atom. The zero-order valence-corrected chi connectivity index (χ0v) is 11.7. The van der Waals surface area contributed by atoms with Crippen LogP contribution in [0.1, 0.15) is 27.9 Å². The zero-order valence-electron chi connectivity index (χ0n) is 11.7. The van der Waals surface area contributed by atoms with E-state index in [2.05, 4.69) is 5.32 Å². The second-order valence-electron chi connectivity index (χ2n) is 4.88. The SMILES string of the molecule is Cc1ccc(C(=O)CCNc2ccccc2F)cc1C. The first-order valence-electron chi connectivity index (χ1n) is 6.67. The van der Waals surface area contributed by atoms with Crippen LogP contribution in [-0.4, -0.2) is 12.3 Å². The molecule has 1 N–H and O–H groups in total. The van der Waals surface area contributed by atoms with E-state index in [4.69, 9.17) is 0 Å². The second kappa shape index (κ2) is 6.33. The number of halogens is 1. The van der Waals surface area contributed by atoms with Gasteiger partial charge in [0, 0.05) is 18.5 Å². The summed E-state index contributed by atoms with van der Waals surface area (Å²) in [5, 5.41) is 2.94. The Morgan fingerprint density at radius 2 is 1.85 bits per heavy atom. The van der Waals surface area contributed by atoms with Gasteiger partial charge in [-0.15, -0.1) is 0 Å². The molecular weight excluding hydrogens is 253 g/mol. The van der Waals surface area contributed by atoms with E-state index in [1.807, 2.05) is 32.0 Å². The molecule has 0 saturated heterocycles. The maximum absolute atomic E-state index is 13.4. The van der Waals surface area contributed by atoms with Crippen molar-refractivity contribution in [1.29, 1.82) is 0 Å². The highest BCUT2D eigenvalue weighted by molar-refractivity contribution is 5.96. The molecule has 2 aromatic carbocycles. The van der Waals surface area contributed by atoms with Crippen LogP contribution >= 0.6 is 0 Å². The van der Waals surface area contributed by atoms with E-state index in [0.29, 0.717) is 24.2 Å². The van der Waals surface area contributed by atoms with Crippen molar-refractivity contribution in [2.24, 2.45) is 0 Å². The van der Waals surface area contributed by atoms with E-state index in [9.17, 15) is 9.18 Å². The van der Waals surface area contributed by atoms with E-state index >= 15 is 0 Å². The fourth-order valence-corrected chi connectivity index (χ4v) is 1.97. The van der Waals surface area contributed by atoms with Crippen LogP contribution in [0.15, 0.2) is 42.5 Å². The third-order valence-corrected chi connectivity index (χ3v) is 3.37. The Kier molecular flexibility index (Phi) is 4.51. The van der Waals surface area contributed by atoms with Crippen LogP contribution in [-0.2, 0) is 0 Å². The molecule has 0 amide bonds. The molecule has 0 radical (unpaired) electrons. The molecule has 2 nitrogen and oxygen atoms in total. The number of benzene rings is 2. The summed E-state index contributed by atoms with van der Waals surface area (Å²) in [6, 6.07) is 12.2. The van der Waals surface area contributed by atoms with Gasteiger partial charge in [-0.2, -0.15) is 0 Å². The maximum Gasteiger partial charge on any atom is 0.164 e. The number of aryl methyl sites for hydroxylation is 2. The molecule has 2 rings (SSSR count). The standard InChI is InChI=1S/C17H18FNO/c1-12-7-8-14(11-13(12)2)17(20)9-10-19-16-6-4-3-5-15(16)18/h3-8,11,19H,9-10H2,1-2H3. The van der Waals surface area contributed by atoms with Crippen LogP contribution < -0.4 is 5.32 Å². The Labute approximate surface area is 118 Å². The quantitative estimate of drug-likeness (QED) is 0.828. The van der Waals surface area contributed by atoms with Crippen LogP contribution in [0.25, 0.3) is 0 Å². The molecule has 0 atom stereocenters. The Morgan fingerprint density at radius 1 is 1.10 bits per heavy atom. The van der Waals surface area contributed by atoms with Gasteiger partial charge in [0.1, 0.15) is 5.82 Å². The van der Waals surface area contributed by atoms with Crippen LogP contribution in [0.2, 0.25) is 0 Å². The predicted molar refractivity (Wildman–Crippen MR) is 79.8 cm³/mol. The summed E-state index contributed by atoms with van der Waals surface area (Å²) < 4.78 is 13.4. The summed E-state index contributed by atoms with van der Waals surface area (Å²) in [6.45, 7) is 4.43. The Bertz CT molecular complexity index is 622. The number of carbonyl (C=O) groups is 1. The monoisotopic (exact) mass is 271 g/mol. The lowest BCUT2D eigenvalue weighted by Crippen LogP contribution is -2.10. The van der Waals surface area contributed by atoms with Crippen LogP contribution in [0, 0.1) is 19.7 Å². The molecule has 2 aromatic rings. The summed E-state index contributed by atoms with van der Waals surface area (Å²) in [5.41, 5.74) is 3.42. The average molecular weight is 271 g/mol. The highest BCUT2D eigenvalue weighted by Gasteiger charge is 2.07. The van der Waals surface area contributed by atoms with E-state index in [1.165, 1.54) is 11.6 Å². The normalized spacial score (nSPS) is 10.3. The maximum atomic E-state index is 13.4. The first kappa shape index (κ1) is 14.3. The topological polar surface area (TPSA) is 29.1 Å². The minimum Gasteiger partial charge on any atom is -0.382 e. The van der Waals surface area contributed by atoms with Gasteiger partial charge in [0.25, 0.3) is 0 Å². The Balaban J connectivity index is 1.92. The lowest BCUT2D eigenvalue weighted by Gasteiger charge is -2.08. The molecule has 0 bridgehead atoms. The molecular formula is C17H18FNO. The van der Waals surface area contributed by atoms with Crippen molar-refractivity contribution >= 4 is 11.5 Å². The van der Waals surface area contributed by atoms with E-state index in [-0.39, 0.29) is 11.6 Å². The van der Waals surface area contributed by atoms with Crippen LogP contribution in [0.4, 0.5) is 10.1 Å². The molecule has 0 heterocycles. The van der Waals surface area contributed by atoms with Gasteiger partial charge in [-0.05, 0) is 43.2 Å². The summed E-state index contributed by atoms with van der Waals surface area (Å²) in [7, 11) is 0. The van der Waals surface area contributed by atoms with Gasteiger partial charge in [-0.25, -0.2) is 4.39 Å². The third-order valence-electron chi connectivity index (χ3n) is 3.37. The van der Waals surface area contributed by atoms with E-state index in [0.717, 1.165) is 5.56 Å². The number of nitrogens with one attached hydrogen (secondary N) is 1. The highest BCUT2D eigenvalue weighted by Crippen LogP contribution is 2.14. The van der Waals surface area contributed by atoms with Gasteiger partial charge >= 0.3 is 0 Å². The molecule has 0 spiro atoms. The first-order chi connectivity index (χ1) is 9.58. The fraction of sp³-hybridized carbons (Fsp3) is 0.235. The number of hydrogen-bond donors (Lipinski definition) is 1. The molecule has 0 saturated carbocycles. The molecule has 0 fully saturated rings. The summed E-state index contributed by atoms with van der Waals surface area (Å²) in [6.07, 6.45) is 0.344. The molecule has 0 aliphatic rings. The number of carbonyl (C=O) groups excluding carboxylic acids is 1. The fourth-order valence-electron chi connectivity index (χ4n) is 1.97. The van der Waals surface area contributed by atoms with Crippen LogP contribution in [0.5, 0.6) is 0 Å². The molecule has 0 aliphatic carbocycles. The zero-order chi connectivity index (χ0) is 14.5. The van der Waals surface area contributed by atoms with Crippen LogP contribution in [0.3, 0.4) is 0 Å². The predicted octanol–water partition coefficient (Wildman–Crippen LogP) is 4.13. The molecule has 0 unspecified atom stereocenters. The minimum absolute atomic E-state index is 0.0666. The number of ketones is 1. The van der Waals surface area contributed by atoms with Gasteiger partial charge in [0.05, 0.1) is 5.69 Å². The summed E-state index contributed by atoms with van der Waals surface area (Å²) in [4.78, 5) is 12.0. The Hall–Kier alpha value is -2.16. The van der Waals surface area contributed by atoms with Crippen molar-refractivity contribution in [2.75, 3.05) is 11.9 Å². The molecule has 0 aliphatic heterocycles. The number of rotatable bonds is 5. The minimum atomic E-state index is -0.300. The van der Waals surface area contributed by atoms with Crippen molar-refractivity contribution in [3.63, 3.8) is 0 Å². The molecule has 104 valence electrons. The second-order valence-corrected chi connectivity index (χ2v) is 4.88. The molecule has 3 heteroatoms. The van der Waals surface area contributed by atoms with Gasteiger partial charge in [0.15, 0.2) is 5.78 Å². The summed E-state index contributed by atoms with van der Waals surface area (Å²) in [5.74, 6) is -0.233. The van der Waals surface area contributed by atoms with Crippen molar-refractivity contribution in [1.82, 2.24) is 0 Å². The smallest absolute Gasteiger partial charge is 0.164 e. The van der Waals surface area contributed by atoms with Gasteiger partial charge in [0.2, 0.25) is 0 Å². The van der Waals surface area contributed by atoms with Gasteiger partial charge in [-0.1, -0.05) is 24.3 Å². The molecule has 20 heavy (non-hydrogen) atoms. The van der Waals surface area contributed by atoms with Gasteiger partial charge < -0.3 is 5.32 Å². The first-order valence-corrected chi connectivity index (χ1v) is 6.67. The van der Waals surface area contributed by atoms with Gasteiger partial charge in [-0.3, -0.25) is 4.79 Å². The van der Waals surface area contributed by atoms with E-state index in [1.54, 1.807) is 18.2 Å². The van der Waals surface area contributed by atoms with E-state index < -0.39 is 0 Å². The van der Waals surface area contributed by atoms with Crippen molar-refractivity contribution in [3.8, 4) is 0 Å². The van der Waals surface area contributed by atoms with Crippen molar-refractivity contribution in [2.45, 2.75) is 20.3 Å². The molecule has 0 aromatic heterocycles. The summed E-state index contributed by atoms with van der Waals surface area (Å²) >= 11 is 0. The average Bonchev–Trinajstić information content (AvgIpc) is 2.44. The highest BCUT2D eigenvalue weighted by atomic mass is 19.1. The number of anilines is 1. The lowest BCUT2D eigenvalue weighted by molar-refractivity contribution is 0.0986. The number of para-hydroxylation sites is 1. The van der Waals surface area contributed by atoms with Crippen molar-refractivity contribution < 1.29 is 9.18 Å². The van der Waals surface area contributed by atoms with Crippen molar-refractivity contribution in [3.05, 3.63) is 65.0 Å².